The minimum atomic E-state index is -1.74. The van der Waals surface area contributed by atoms with Gasteiger partial charge >= 0.3 is 29.8 Å². The molecule has 1 saturated heterocycles. The van der Waals surface area contributed by atoms with Gasteiger partial charge in [-0.1, -0.05) is 12.1 Å². The van der Waals surface area contributed by atoms with Crippen LogP contribution in [0.2, 0.25) is 0 Å². The summed E-state index contributed by atoms with van der Waals surface area (Å²) in [5, 5.41) is 7.65. The number of esters is 5. The van der Waals surface area contributed by atoms with Crippen LogP contribution in [0, 0.1) is 27.1 Å². The molecule has 0 bridgehead atoms. The average molecular weight is 842 g/mol. The summed E-state index contributed by atoms with van der Waals surface area (Å²) in [4.78, 5) is 71.6. The molecule has 2 aromatic heterocycles. The second kappa shape index (κ2) is 17.9. The van der Waals surface area contributed by atoms with Crippen LogP contribution in [0.3, 0.4) is 0 Å². The molecule has 330 valence electrons. The minimum absolute atomic E-state index is 0.0678. The Morgan fingerprint density at radius 1 is 0.667 bits per heavy atom. The zero-order valence-electron chi connectivity index (χ0n) is 40.6. The van der Waals surface area contributed by atoms with Crippen molar-refractivity contribution in [3.05, 3.63) is 47.7 Å². The molecule has 4 rings (SSSR count). The number of carbonyl (C=O) groups is 5. The molecule has 0 aliphatic carbocycles. The Morgan fingerprint density at radius 2 is 1.20 bits per heavy atom. The maximum atomic E-state index is 13.9. The summed E-state index contributed by atoms with van der Waals surface area (Å²) in [6.07, 6.45) is -5.80. The van der Waals surface area contributed by atoms with Gasteiger partial charge in [-0.25, -0.2) is 4.98 Å². The van der Waals surface area contributed by atoms with Gasteiger partial charge in [0, 0.05) is 11.7 Å². The van der Waals surface area contributed by atoms with Crippen LogP contribution in [0.25, 0.3) is 11.0 Å². The molecule has 60 heavy (non-hydrogen) atoms. The standard InChI is InChI=1S/C45H63N3O12/c1-41(2,3)36(49)54-24-28-30(57-38(51)43(7,8)9)31(58-39(52)44(10,11)12)32(59-40(53)45(13,14)15)35(56-28)60-34-29-26(22-23-46-33(29)47-48-34)19-16-25-17-20-27(21-18-25)55-37(50)42(4,5)6/h17-18,20-23,28,30-32,35H,16,19,24H2,1-15H3,(H,46,47,48)/t28-,30-,31+,32-,35?/m1/s1/i1D,7D,10D,13D. The zero-order chi connectivity index (χ0) is 48.0. The number of aromatic nitrogens is 3. The molecule has 1 fully saturated rings. The van der Waals surface area contributed by atoms with E-state index in [1.54, 1.807) is 45.2 Å². The number of H-pyrrole nitrogens is 1. The SMILES string of the molecule is [2H]CC(C)(C)C(=O)OC[C@H]1OC(Oc2n[nH]c3nccc(CCc4ccc(OC(=O)C(C)(C)C)cc4)c23)[C@H](OC(=O)C(C)(C)C[2H])[C@@H](OC(=O)C(C)(C)C[2H])[C@@H]1OC(=O)C(C)(C)C[2H]. The normalized spacial score (nSPS) is 21.1. The molecule has 1 aliphatic rings. The monoisotopic (exact) mass is 841 g/mol. The van der Waals surface area contributed by atoms with Gasteiger partial charge in [-0.05, 0) is 146 Å². The lowest BCUT2D eigenvalue weighted by Crippen LogP contribution is -2.65. The fourth-order valence-corrected chi connectivity index (χ4v) is 5.36. The quantitative estimate of drug-likeness (QED) is 0.115. The van der Waals surface area contributed by atoms with E-state index in [1.807, 2.05) is 12.1 Å². The van der Waals surface area contributed by atoms with Gasteiger partial charge in [-0.15, -0.1) is 5.10 Å². The van der Waals surface area contributed by atoms with Crippen molar-refractivity contribution >= 4 is 40.9 Å². The number of rotatable bonds is 11. The molecule has 0 saturated carbocycles. The van der Waals surface area contributed by atoms with E-state index in [0.29, 0.717) is 29.6 Å². The molecular formula is C45H63N3O12. The molecule has 15 heteroatoms. The van der Waals surface area contributed by atoms with E-state index in [0.717, 1.165) is 11.1 Å². The third-order valence-electron chi connectivity index (χ3n) is 9.08. The first-order valence-electron chi connectivity index (χ1n) is 22.5. The first-order valence-corrected chi connectivity index (χ1v) is 19.6. The summed E-state index contributed by atoms with van der Waals surface area (Å²) in [6, 6.07) is 8.89. The highest BCUT2D eigenvalue weighted by Gasteiger charge is 2.56. The van der Waals surface area contributed by atoms with Gasteiger partial charge < -0.3 is 33.2 Å². The fraction of sp³-hybridized carbons (Fsp3) is 0.622. The van der Waals surface area contributed by atoms with Crippen molar-refractivity contribution in [3.63, 3.8) is 0 Å². The summed E-state index contributed by atoms with van der Waals surface area (Å²) in [5.74, 6) is -3.57. The van der Waals surface area contributed by atoms with Gasteiger partial charge in [0.2, 0.25) is 18.3 Å². The van der Waals surface area contributed by atoms with E-state index in [4.69, 9.17) is 38.6 Å². The average Bonchev–Trinajstić information content (AvgIpc) is 3.66. The molecule has 3 aromatic rings. The molecule has 5 atom stereocenters. The van der Waals surface area contributed by atoms with E-state index in [9.17, 15) is 24.0 Å². The van der Waals surface area contributed by atoms with Crippen LogP contribution in [-0.4, -0.2) is 82.3 Å². The minimum Gasteiger partial charge on any atom is -0.462 e. The van der Waals surface area contributed by atoms with Gasteiger partial charge in [0.05, 0.1) is 32.5 Å². The number of benzene rings is 1. The number of fused-ring (bicyclic) bond motifs is 1. The van der Waals surface area contributed by atoms with Crippen molar-refractivity contribution in [2.45, 2.75) is 147 Å². The van der Waals surface area contributed by atoms with Crippen LogP contribution >= 0.6 is 0 Å². The number of nitrogens with zero attached hydrogens (tertiary/aromatic N) is 2. The molecule has 1 unspecified atom stereocenters. The van der Waals surface area contributed by atoms with Crippen LogP contribution in [0.1, 0.15) is 120 Å². The van der Waals surface area contributed by atoms with E-state index < -0.39 is 109 Å². The summed E-state index contributed by atoms with van der Waals surface area (Å²) in [5.41, 5.74) is -4.18. The lowest BCUT2D eigenvalue weighted by atomic mass is 9.93. The summed E-state index contributed by atoms with van der Waals surface area (Å²) in [7, 11) is 0. The van der Waals surface area contributed by atoms with Crippen LogP contribution in [-0.2, 0) is 60.5 Å². The third-order valence-corrected chi connectivity index (χ3v) is 9.08. The summed E-state index contributed by atoms with van der Waals surface area (Å²) < 4.78 is 74.2. The number of hydrogen-bond acceptors (Lipinski definition) is 14. The second-order valence-corrected chi connectivity index (χ2v) is 18.9. The number of nitrogens with one attached hydrogen (secondary N) is 1. The highest BCUT2D eigenvalue weighted by Crippen LogP contribution is 2.37. The van der Waals surface area contributed by atoms with Gasteiger partial charge in [-0.2, -0.15) is 0 Å². The lowest BCUT2D eigenvalue weighted by Gasteiger charge is -2.45. The first kappa shape index (κ1) is 41.7. The molecule has 0 radical (unpaired) electrons. The van der Waals surface area contributed by atoms with Crippen molar-refractivity contribution in [2.24, 2.45) is 27.1 Å². The number of ether oxygens (including phenoxy) is 7. The zero-order valence-corrected chi connectivity index (χ0v) is 36.6. The van der Waals surface area contributed by atoms with Crippen molar-refractivity contribution in [2.75, 3.05) is 6.61 Å². The fourth-order valence-electron chi connectivity index (χ4n) is 5.36. The number of aromatic amines is 1. The molecule has 0 spiro atoms. The van der Waals surface area contributed by atoms with Crippen LogP contribution in [0.15, 0.2) is 36.5 Å². The van der Waals surface area contributed by atoms with Crippen LogP contribution in [0.4, 0.5) is 0 Å². The Labute approximate surface area is 358 Å². The predicted molar refractivity (Wildman–Crippen MR) is 221 cm³/mol. The van der Waals surface area contributed by atoms with Gasteiger partial charge in [0.1, 0.15) is 18.5 Å². The number of carbonyl (C=O) groups excluding carboxylic acids is 5. The van der Waals surface area contributed by atoms with Gasteiger partial charge in [-0.3, -0.25) is 29.1 Å². The summed E-state index contributed by atoms with van der Waals surface area (Å²) in [6.45, 7) is 14.9. The Balaban J connectivity index is 1.83. The molecule has 3 heterocycles. The largest absolute Gasteiger partial charge is 0.462 e. The Morgan fingerprint density at radius 3 is 1.75 bits per heavy atom. The predicted octanol–water partition coefficient (Wildman–Crippen LogP) is 7.26. The smallest absolute Gasteiger partial charge is 0.316 e. The molecule has 1 aliphatic heterocycles. The highest BCUT2D eigenvalue weighted by molar-refractivity contribution is 5.84. The Bertz CT molecular complexity index is 2130. The summed E-state index contributed by atoms with van der Waals surface area (Å²) >= 11 is 0. The number of pyridine rings is 1. The van der Waals surface area contributed by atoms with Crippen molar-refractivity contribution in [3.8, 4) is 11.6 Å². The van der Waals surface area contributed by atoms with Gasteiger partial charge in [0.25, 0.3) is 0 Å². The Hall–Kier alpha value is -5.05. The lowest BCUT2D eigenvalue weighted by molar-refractivity contribution is -0.294. The van der Waals surface area contributed by atoms with Crippen LogP contribution < -0.4 is 9.47 Å². The van der Waals surface area contributed by atoms with E-state index in [2.05, 4.69) is 15.2 Å². The number of hydrogen-bond donors (Lipinski definition) is 1. The molecule has 15 nitrogen and oxygen atoms in total. The van der Waals surface area contributed by atoms with Crippen molar-refractivity contribution in [1.82, 2.24) is 15.2 Å². The van der Waals surface area contributed by atoms with Crippen molar-refractivity contribution in [1.29, 1.82) is 0 Å². The third kappa shape index (κ3) is 12.3. The van der Waals surface area contributed by atoms with E-state index >= 15 is 0 Å². The van der Waals surface area contributed by atoms with E-state index in [1.165, 1.54) is 55.4 Å². The maximum Gasteiger partial charge on any atom is 0.316 e. The number of aryl methyl sites for hydroxylation is 2. The van der Waals surface area contributed by atoms with Crippen LogP contribution in [0.5, 0.6) is 11.6 Å². The molecule has 1 aromatic carbocycles. The topological polar surface area (TPSA) is 192 Å². The Kier molecular flexibility index (Phi) is 12.4. The maximum absolute atomic E-state index is 13.9. The molecule has 1 N–H and O–H groups in total. The second-order valence-electron chi connectivity index (χ2n) is 18.9. The van der Waals surface area contributed by atoms with E-state index in [-0.39, 0.29) is 18.7 Å². The highest BCUT2D eigenvalue weighted by atomic mass is 16.7. The molecule has 0 amide bonds. The molecular weight excluding hydrogens is 775 g/mol. The first-order chi connectivity index (χ1) is 29.7. The van der Waals surface area contributed by atoms with Crippen molar-refractivity contribution < 1.29 is 62.6 Å². The van der Waals surface area contributed by atoms with Gasteiger partial charge in [0.15, 0.2) is 17.9 Å².